The minimum atomic E-state index is 0.472. The third kappa shape index (κ3) is 7.27. The lowest BCUT2D eigenvalue weighted by molar-refractivity contribution is 0.407. The molecule has 22 heavy (non-hydrogen) atoms. The van der Waals surface area contributed by atoms with Crippen molar-refractivity contribution in [1.82, 2.24) is 0 Å². The minimum Gasteiger partial charge on any atom is -0.292 e. The van der Waals surface area contributed by atoms with Gasteiger partial charge in [-0.3, -0.25) is 4.99 Å². The molecule has 1 nitrogen and oxygen atoms in total. The Balaban J connectivity index is 4.85. The van der Waals surface area contributed by atoms with Crippen LogP contribution in [0.25, 0.3) is 0 Å². The third-order valence-corrected chi connectivity index (χ3v) is 4.01. The van der Waals surface area contributed by atoms with E-state index in [4.69, 9.17) is 6.42 Å². The highest BCUT2D eigenvalue weighted by Crippen LogP contribution is 2.25. The SMILES string of the molecule is C#CCC=CC(=CC)C(C)C(CC)CN=C/C(=C\C)C(=C)C. The van der Waals surface area contributed by atoms with E-state index in [1.807, 2.05) is 20.1 Å². The van der Waals surface area contributed by atoms with E-state index < -0.39 is 0 Å². The first-order chi connectivity index (χ1) is 10.5. The Morgan fingerprint density at radius 2 is 2.00 bits per heavy atom. The van der Waals surface area contributed by atoms with Crippen molar-refractivity contribution in [3.05, 3.63) is 47.6 Å². The Kier molecular flexibility index (Phi) is 10.8. The standard InChI is InChI=1S/C21H31N/c1-8-12-13-14-19(9-2)18(7)21(11-4)16-22-15-20(10-3)17(5)6/h1,9-10,13-15,18,21H,5,11-12,16H2,2-4,6-7H3/b14-13?,19-9?,20-10+,22-15?. The van der Waals surface area contributed by atoms with Crippen LogP contribution < -0.4 is 0 Å². The van der Waals surface area contributed by atoms with Gasteiger partial charge >= 0.3 is 0 Å². The molecule has 0 aromatic heterocycles. The molecule has 0 aromatic carbocycles. The molecule has 0 spiro atoms. The Labute approximate surface area is 137 Å². The Bertz CT molecular complexity index is 494. The average Bonchev–Trinajstić information content (AvgIpc) is 2.51. The van der Waals surface area contributed by atoms with Crippen molar-refractivity contribution in [2.75, 3.05) is 6.54 Å². The second-order valence-electron chi connectivity index (χ2n) is 5.57. The highest BCUT2D eigenvalue weighted by molar-refractivity contribution is 5.83. The largest absolute Gasteiger partial charge is 0.292 e. The number of terminal acetylenes is 1. The molecule has 0 aliphatic carbocycles. The van der Waals surface area contributed by atoms with Crippen LogP contribution in [-0.2, 0) is 0 Å². The van der Waals surface area contributed by atoms with Crippen LogP contribution in [0, 0.1) is 24.2 Å². The van der Waals surface area contributed by atoms with Crippen molar-refractivity contribution in [3.8, 4) is 12.3 Å². The fraction of sp³-hybridized carbons (Fsp3) is 0.476. The Morgan fingerprint density at radius 3 is 2.45 bits per heavy atom. The van der Waals surface area contributed by atoms with Gasteiger partial charge in [-0.25, -0.2) is 0 Å². The van der Waals surface area contributed by atoms with Crippen molar-refractivity contribution in [2.45, 2.75) is 47.5 Å². The summed E-state index contributed by atoms with van der Waals surface area (Å²) in [4.78, 5) is 4.63. The molecule has 2 unspecified atom stereocenters. The van der Waals surface area contributed by atoms with Crippen LogP contribution >= 0.6 is 0 Å². The Hall–Kier alpha value is -1.81. The lowest BCUT2D eigenvalue weighted by Crippen LogP contribution is -2.16. The molecule has 120 valence electrons. The van der Waals surface area contributed by atoms with E-state index in [9.17, 15) is 0 Å². The minimum absolute atomic E-state index is 0.472. The van der Waals surface area contributed by atoms with E-state index in [0.717, 1.165) is 24.1 Å². The maximum Gasteiger partial charge on any atom is 0.0423 e. The molecule has 0 aliphatic rings. The molecule has 0 rings (SSSR count). The molecular weight excluding hydrogens is 266 g/mol. The topological polar surface area (TPSA) is 12.4 Å². The molecule has 0 bridgehead atoms. The van der Waals surface area contributed by atoms with E-state index in [1.165, 1.54) is 5.57 Å². The van der Waals surface area contributed by atoms with Gasteiger partial charge in [-0.05, 0) is 49.3 Å². The lowest BCUT2D eigenvalue weighted by Gasteiger charge is -2.22. The summed E-state index contributed by atoms with van der Waals surface area (Å²) >= 11 is 0. The van der Waals surface area contributed by atoms with E-state index in [0.29, 0.717) is 18.3 Å². The van der Waals surface area contributed by atoms with Gasteiger partial charge < -0.3 is 0 Å². The van der Waals surface area contributed by atoms with Crippen LogP contribution in [-0.4, -0.2) is 12.8 Å². The molecular formula is C21H31N. The number of hydrogen-bond acceptors (Lipinski definition) is 1. The van der Waals surface area contributed by atoms with Crippen molar-refractivity contribution in [2.24, 2.45) is 16.8 Å². The van der Waals surface area contributed by atoms with Gasteiger partial charge in [-0.1, -0.05) is 51.2 Å². The molecule has 0 N–H and O–H groups in total. The van der Waals surface area contributed by atoms with Gasteiger partial charge in [0.1, 0.15) is 0 Å². The summed E-state index contributed by atoms with van der Waals surface area (Å²) in [6.45, 7) is 15.4. The Morgan fingerprint density at radius 1 is 1.32 bits per heavy atom. The molecule has 0 saturated carbocycles. The summed E-state index contributed by atoms with van der Waals surface area (Å²) in [5.41, 5.74) is 3.50. The summed E-state index contributed by atoms with van der Waals surface area (Å²) < 4.78 is 0. The van der Waals surface area contributed by atoms with Crippen molar-refractivity contribution in [1.29, 1.82) is 0 Å². The maximum atomic E-state index is 5.30. The summed E-state index contributed by atoms with van der Waals surface area (Å²) in [6.07, 6.45) is 17.5. The molecule has 0 amide bonds. The van der Waals surface area contributed by atoms with Gasteiger partial charge in [-0.15, -0.1) is 12.3 Å². The van der Waals surface area contributed by atoms with Gasteiger partial charge in [0.2, 0.25) is 0 Å². The average molecular weight is 297 g/mol. The molecule has 0 radical (unpaired) electrons. The molecule has 0 heterocycles. The van der Waals surface area contributed by atoms with Crippen LogP contribution in [0.1, 0.15) is 47.5 Å². The monoisotopic (exact) mass is 297 g/mol. The van der Waals surface area contributed by atoms with E-state index in [1.54, 1.807) is 0 Å². The summed E-state index contributed by atoms with van der Waals surface area (Å²) in [6, 6.07) is 0. The number of rotatable bonds is 9. The van der Waals surface area contributed by atoms with Gasteiger partial charge in [0, 0.05) is 19.2 Å². The summed E-state index contributed by atoms with van der Waals surface area (Å²) in [5.74, 6) is 3.64. The predicted molar refractivity (Wildman–Crippen MR) is 101 cm³/mol. The molecule has 0 saturated heterocycles. The van der Waals surface area contributed by atoms with E-state index in [-0.39, 0.29) is 0 Å². The predicted octanol–water partition coefficient (Wildman–Crippen LogP) is 5.77. The first-order valence-corrected chi connectivity index (χ1v) is 8.09. The highest BCUT2D eigenvalue weighted by Gasteiger charge is 2.17. The van der Waals surface area contributed by atoms with Crippen molar-refractivity contribution < 1.29 is 0 Å². The molecule has 0 aliphatic heterocycles. The number of nitrogens with zero attached hydrogens (tertiary/aromatic N) is 1. The quantitative estimate of drug-likeness (QED) is 0.291. The van der Waals surface area contributed by atoms with Crippen LogP contribution in [0.5, 0.6) is 0 Å². The van der Waals surface area contributed by atoms with Gasteiger partial charge in [-0.2, -0.15) is 0 Å². The number of allylic oxidation sites excluding steroid dienone is 7. The molecule has 2 atom stereocenters. The zero-order valence-corrected chi connectivity index (χ0v) is 14.9. The van der Waals surface area contributed by atoms with Crippen LogP contribution in [0.15, 0.2) is 52.6 Å². The first-order valence-electron chi connectivity index (χ1n) is 8.09. The smallest absolute Gasteiger partial charge is 0.0423 e. The van der Waals surface area contributed by atoms with Crippen molar-refractivity contribution >= 4 is 6.21 Å². The zero-order valence-electron chi connectivity index (χ0n) is 14.9. The maximum absolute atomic E-state index is 5.30. The van der Waals surface area contributed by atoms with Crippen LogP contribution in [0.3, 0.4) is 0 Å². The number of hydrogen-bond donors (Lipinski definition) is 0. The van der Waals surface area contributed by atoms with Gasteiger partial charge in [0.25, 0.3) is 0 Å². The molecule has 0 aromatic rings. The first kappa shape index (κ1) is 20.2. The summed E-state index contributed by atoms with van der Waals surface area (Å²) in [5, 5.41) is 0. The molecule has 0 fully saturated rings. The number of aliphatic imine (C=N–C) groups is 1. The fourth-order valence-electron chi connectivity index (χ4n) is 2.40. The molecule has 1 heteroatoms. The van der Waals surface area contributed by atoms with Crippen LogP contribution in [0.4, 0.5) is 0 Å². The normalized spacial score (nSPS) is 16.0. The highest BCUT2D eigenvalue weighted by atomic mass is 14.7. The zero-order chi connectivity index (χ0) is 17.0. The lowest BCUT2D eigenvalue weighted by atomic mass is 9.85. The van der Waals surface area contributed by atoms with Crippen molar-refractivity contribution in [3.63, 3.8) is 0 Å². The van der Waals surface area contributed by atoms with Gasteiger partial charge in [0.15, 0.2) is 0 Å². The second-order valence-corrected chi connectivity index (χ2v) is 5.57. The third-order valence-electron chi connectivity index (χ3n) is 4.01. The van der Waals surface area contributed by atoms with E-state index in [2.05, 4.69) is 62.6 Å². The van der Waals surface area contributed by atoms with E-state index >= 15 is 0 Å². The van der Waals surface area contributed by atoms with Crippen LogP contribution in [0.2, 0.25) is 0 Å². The second kappa shape index (κ2) is 11.8. The fourth-order valence-corrected chi connectivity index (χ4v) is 2.40. The van der Waals surface area contributed by atoms with Gasteiger partial charge in [0.05, 0.1) is 0 Å². The summed E-state index contributed by atoms with van der Waals surface area (Å²) in [7, 11) is 0.